The summed E-state index contributed by atoms with van der Waals surface area (Å²) in [5, 5.41) is 0.0797. The average molecular weight is 211 g/mol. The number of hydrogen-bond acceptors (Lipinski definition) is 0. The number of rotatable bonds is 3. The van der Waals surface area contributed by atoms with E-state index in [0.29, 0.717) is 0 Å². The number of nitrogens with zero attached hydrogens (tertiary/aromatic N) is 1. The Morgan fingerprint density at radius 2 is 1.79 bits per heavy atom. The quantitative estimate of drug-likeness (QED) is 0.530. The van der Waals surface area contributed by atoms with E-state index in [1.165, 1.54) is 5.69 Å². The van der Waals surface area contributed by atoms with E-state index in [9.17, 15) is 0 Å². The van der Waals surface area contributed by atoms with Crippen LogP contribution in [0, 0.1) is 0 Å². The molecule has 0 bridgehead atoms. The molecule has 1 rings (SSSR count). The normalized spacial score (nSPS) is 14.6. The van der Waals surface area contributed by atoms with Gasteiger partial charge in [0.05, 0.1) is 25.7 Å². The van der Waals surface area contributed by atoms with Crippen molar-refractivity contribution in [1.82, 2.24) is 4.48 Å². The van der Waals surface area contributed by atoms with Gasteiger partial charge in [-0.2, -0.15) is 0 Å². The van der Waals surface area contributed by atoms with Gasteiger partial charge in [0.15, 0.2) is 0 Å². The fraction of sp³-hybridized carbons (Fsp3) is 0.333. The summed E-state index contributed by atoms with van der Waals surface area (Å²) in [6.07, 6.45) is 4.11. The van der Waals surface area contributed by atoms with Gasteiger partial charge in [0.2, 0.25) is 0 Å². The summed E-state index contributed by atoms with van der Waals surface area (Å²) in [6, 6.07) is 10.4. The van der Waals surface area contributed by atoms with Crippen LogP contribution in [0.2, 0.25) is 0 Å². The van der Waals surface area contributed by atoms with Crippen LogP contribution in [-0.2, 0) is 0 Å². The molecule has 0 saturated carbocycles. The van der Waals surface area contributed by atoms with E-state index < -0.39 is 0 Å². The molecule has 0 spiro atoms. The lowest BCUT2D eigenvalue weighted by atomic mass is 10.2. The number of hydrogen-bond donors (Lipinski definition) is 0. The van der Waals surface area contributed by atoms with Crippen LogP contribution in [0.5, 0.6) is 0 Å². The molecule has 1 nitrogen and oxygen atoms in total. The number of para-hydroxylation sites is 1. The Balaban J connectivity index is 2.86. The number of benzene rings is 1. The Labute approximate surface area is 91.2 Å². The predicted octanol–water partition coefficient (Wildman–Crippen LogP) is 3.39. The first kappa shape index (κ1) is 11.3. The van der Waals surface area contributed by atoms with Gasteiger partial charge in [-0.05, 0) is 25.1 Å². The monoisotopic (exact) mass is 210 g/mol. The van der Waals surface area contributed by atoms with Gasteiger partial charge in [0.25, 0.3) is 0 Å². The van der Waals surface area contributed by atoms with Crippen LogP contribution >= 0.6 is 11.6 Å². The van der Waals surface area contributed by atoms with Gasteiger partial charge in [-0.25, -0.2) is 0 Å². The molecule has 1 unspecified atom stereocenters. The molecule has 76 valence electrons. The fourth-order valence-corrected chi connectivity index (χ4v) is 1.30. The molecule has 0 fully saturated rings. The van der Waals surface area contributed by atoms with Gasteiger partial charge >= 0.3 is 0 Å². The van der Waals surface area contributed by atoms with Crippen molar-refractivity contribution in [2.75, 3.05) is 14.1 Å². The highest BCUT2D eigenvalue weighted by atomic mass is 35.5. The van der Waals surface area contributed by atoms with E-state index in [1.807, 2.05) is 31.2 Å². The van der Waals surface area contributed by atoms with Crippen LogP contribution in [0.15, 0.2) is 42.6 Å². The van der Waals surface area contributed by atoms with Crippen LogP contribution in [0.1, 0.15) is 6.92 Å². The maximum absolute atomic E-state index is 5.87. The van der Waals surface area contributed by atoms with Crippen molar-refractivity contribution in [2.24, 2.45) is 0 Å². The number of quaternary nitrogens is 1. The van der Waals surface area contributed by atoms with Crippen molar-refractivity contribution in [3.05, 3.63) is 42.6 Å². The van der Waals surface area contributed by atoms with E-state index in [2.05, 4.69) is 32.4 Å². The van der Waals surface area contributed by atoms with Gasteiger partial charge in [-0.1, -0.05) is 18.2 Å². The number of halogens is 1. The largest absolute Gasteiger partial charge is 0.270 e. The van der Waals surface area contributed by atoms with Crippen molar-refractivity contribution in [3.8, 4) is 0 Å². The van der Waals surface area contributed by atoms with E-state index in [0.717, 1.165) is 4.48 Å². The minimum absolute atomic E-state index is 0.0797. The van der Waals surface area contributed by atoms with Gasteiger partial charge in [-0.15, -0.1) is 11.6 Å². The fourth-order valence-electron chi connectivity index (χ4n) is 1.23. The highest BCUT2D eigenvalue weighted by molar-refractivity contribution is 6.21. The average Bonchev–Trinajstić information content (AvgIpc) is 2.16. The Morgan fingerprint density at radius 1 is 1.21 bits per heavy atom. The third-order valence-electron chi connectivity index (χ3n) is 2.15. The zero-order valence-corrected chi connectivity index (χ0v) is 9.70. The molecule has 0 aliphatic carbocycles. The Morgan fingerprint density at radius 3 is 2.29 bits per heavy atom. The highest BCUT2D eigenvalue weighted by Gasteiger charge is 2.14. The molecule has 0 aliphatic heterocycles. The molecule has 0 aromatic heterocycles. The Kier molecular flexibility index (Phi) is 3.73. The lowest BCUT2D eigenvalue weighted by Gasteiger charge is -2.24. The molecular formula is C12H17ClN+. The zero-order valence-electron chi connectivity index (χ0n) is 8.94. The summed E-state index contributed by atoms with van der Waals surface area (Å²) in [5.74, 6) is 0. The molecule has 0 radical (unpaired) electrons. The van der Waals surface area contributed by atoms with Crippen molar-refractivity contribution in [3.63, 3.8) is 0 Å². The molecule has 0 amide bonds. The maximum atomic E-state index is 5.87. The number of alkyl halides is 1. The van der Waals surface area contributed by atoms with Gasteiger partial charge < -0.3 is 0 Å². The molecule has 14 heavy (non-hydrogen) atoms. The highest BCUT2D eigenvalue weighted by Crippen LogP contribution is 2.18. The second kappa shape index (κ2) is 4.63. The van der Waals surface area contributed by atoms with Gasteiger partial charge in [-0.3, -0.25) is 4.48 Å². The van der Waals surface area contributed by atoms with Crippen LogP contribution < -0.4 is 4.48 Å². The van der Waals surface area contributed by atoms with E-state index in [1.54, 1.807) is 0 Å². The standard InChI is InChI=1S/C12H17ClN/c1-11(13)9-10-14(2,3)12-7-5-4-6-8-12/h4-11H,1-3H3/q+1. The molecule has 1 aromatic rings. The lowest BCUT2D eigenvalue weighted by molar-refractivity contribution is 0.538. The maximum Gasteiger partial charge on any atom is 0.136 e. The second-order valence-corrected chi connectivity index (χ2v) is 4.58. The molecule has 1 aromatic carbocycles. The van der Waals surface area contributed by atoms with Gasteiger partial charge in [0.1, 0.15) is 5.69 Å². The van der Waals surface area contributed by atoms with Crippen molar-refractivity contribution in [2.45, 2.75) is 12.3 Å². The smallest absolute Gasteiger partial charge is 0.136 e. The van der Waals surface area contributed by atoms with E-state index in [4.69, 9.17) is 11.6 Å². The second-order valence-electron chi connectivity index (χ2n) is 3.89. The minimum atomic E-state index is 0.0797. The third-order valence-corrected chi connectivity index (χ3v) is 2.29. The minimum Gasteiger partial charge on any atom is -0.270 e. The van der Waals surface area contributed by atoms with Gasteiger partial charge in [0, 0.05) is 0 Å². The summed E-state index contributed by atoms with van der Waals surface area (Å²) in [7, 11) is 4.26. The van der Waals surface area contributed by atoms with Crippen LogP contribution in [-0.4, -0.2) is 19.5 Å². The molecule has 0 aliphatic rings. The van der Waals surface area contributed by atoms with Crippen LogP contribution in [0.25, 0.3) is 0 Å². The van der Waals surface area contributed by atoms with E-state index in [-0.39, 0.29) is 5.38 Å². The first-order valence-corrected chi connectivity index (χ1v) is 5.19. The first-order chi connectivity index (χ1) is 6.52. The lowest BCUT2D eigenvalue weighted by Crippen LogP contribution is -2.33. The van der Waals surface area contributed by atoms with Crippen molar-refractivity contribution >= 4 is 17.3 Å². The topological polar surface area (TPSA) is 0 Å². The molecule has 0 saturated heterocycles. The summed E-state index contributed by atoms with van der Waals surface area (Å²) in [5.41, 5.74) is 1.25. The van der Waals surface area contributed by atoms with Crippen molar-refractivity contribution < 1.29 is 0 Å². The number of allylic oxidation sites excluding steroid dienone is 1. The Hall–Kier alpha value is -0.790. The summed E-state index contributed by atoms with van der Waals surface area (Å²) in [6.45, 7) is 1.96. The summed E-state index contributed by atoms with van der Waals surface area (Å²) in [4.78, 5) is 0. The molecular weight excluding hydrogens is 194 g/mol. The molecule has 0 N–H and O–H groups in total. The first-order valence-electron chi connectivity index (χ1n) is 4.75. The third kappa shape index (κ3) is 3.17. The summed E-state index contributed by atoms with van der Waals surface area (Å²) < 4.78 is 0.720. The molecule has 0 heterocycles. The molecule has 2 heteroatoms. The summed E-state index contributed by atoms with van der Waals surface area (Å²) >= 11 is 5.87. The Bertz CT molecular complexity index is 301. The molecule has 1 atom stereocenters. The zero-order chi connectivity index (χ0) is 10.6. The van der Waals surface area contributed by atoms with Crippen LogP contribution in [0.4, 0.5) is 5.69 Å². The van der Waals surface area contributed by atoms with Crippen molar-refractivity contribution in [1.29, 1.82) is 0 Å². The van der Waals surface area contributed by atoms with Crippen LogP contribution in [0.3, 0.4) is 0 Å². The van der Waals surface area contributed by atoms with E-state index >= 15 is 0 Å². The SMILES string of the molecule is CC(Cl)C=C[N+](C)(C)c1ccccc1. The predicted molar refractivity (Wildman–Crippen MR) is 64.5 cm³/mol.